The maximum atomic E-state index is 15.2. The molecule has 3 aromatic rings. The van der Waals surface area contributed by atoms with Crippen molar-refractivity contribution in [2.45, 2.75) is 97.0 Å². The Morgan fingerprint density at radius 1 is 0.625 bits per heavy atom. The highest BCUT2D eigenvalue weighted by molar-refractivity contribution is 5.71. The van der Waals surface area contributed by atoms with Crippen molar-refractivity contribution in [2.75, 3.05) is 6.61 Å². The Hall–Kier alpha value is -2.66. The van der Waals surface area contributed by atoms with Crippen molar-refractivity contribution in [2.24, 2.45) is 5.92 Å². The van der Waals surface area contributed by atoms with Crippen molar-refractivity contribution < 1.29 is 22.3 Å². The molecule has 2 atom stereocenters. The third kappa shape index (κ3) is 7.34. The van der Waals surface area contributed by atoms with Gasteiger partial charge in [-0.1, -0.05) is 107 Å². The Labute approximate surface area is 237 Å². The highest BCUT2D eigenvalue weighted by atomic mass is 19.2. The van der Waals surface area contributed by atoms with Gasteiger partial charge in [0.15, 0.2) is 23.3 Å². The summed E-state index contributed by atoms with van der Waals surface area (Å²) in [5.41, 5.74) is 1.89. The van der Waals surface area contributed by atoms with Crippen molar-refractivity contribution in [1.82, 2.24) is 0 Å². The van der Waals surface area contributed by atoms with Crippen molar-refractivity contribution in [3.63, 3.8) is 0 Å². The predicted molar refractivity (Wildman–Crippen MR) is 155 cm³/mol. The molecule has 0 spiro atoms. The fourth-order valence-electron chi connectivity index (χ4n) is 5.83. The molecule has 1 aliphatic rings. The summed E-state index contributed by atoms with van der Waals surface area (Å²) in [5.74, 6) is -3.00. The Kier molecular flexibility index (Phi) is 11.2. The molecule has 0 aromatic heterocycles. The largest absolute Gasteiger partial charge is 0.373 e. The molecule has 1 aliphatic heterocycles. The van der Waals surface area contributed by atoms with Gasteiger partial charge in [-0.05, 0) is 54.7 Å². The molecule has 4 rings (SSSR count). The lowest BCUT2D eigenvalue weighted by Gasteiger charge is -2.29. The minimum Gasteiger partial charge on any atom is -0.373 e. The molecule has 216 valence electrons. The molecule has 1 saturated heterocycles. The molecule has 0 N–H and O–H groups in total. The van der Waals surface area contributed by atoms with Gasteiger partial charge in [-0.25, -0.2) is 17.6 Å². The molecular formula is C35H42F4O. The zero-order valence-corrected chi connectivity index (χ0v) is 23.9. The topological polar surface area (TPSA) is 9.23 Å². The summed E-state index contributed by atoms with van der Waals surface area (Å²) in [6, 6.07) is 12.9. The van der Waals surface area contributed by atoms with E-state index in [0.29, 0.717) is 42.1 Å². The lowest BCUT2D eigenvalue weighted by Crippen LogP contribution is -2.21. The van der Waals surface area contributed by atoms with Crippen LogP contribution >= 0.6 is 0 Å². The van der Waals surface area contributed by atoms with E-state index < -0.39 is 29.4 Å². The second-order valence-corrected chi connectivity index (χ2v) is 11.2. The second-order valence-electron chi connectivity index (χ2n) is 11.2. The summed E-state index contributed by atoms with van der Waals surface area (Å²) in [6.45, 7) is 4.89. The van der Waals surface area contributed by atoms with Gasteiger partial charge in [0, 0.05) is 16.7 Å². The zero-order valence-electron chi connectivity index (χ0n) is 23.9. The van der Waals surface area contributed by atoms with Gasteiger partial charge in [-0.3, -0.25) is 0 Å². The summed E-state index contributed by atoms with van der Waals surface area (Å²) >= 11 is 0. The van der Waals surface area contributed by atoms with E-state index in [1.165, 1.54) is 25.7 Å². The fraction of sp³-hybridized carbons (Fsp3) is 0.486. The molecule has 0 radical (unpaired) electrons. The van der Waals surface area contributed by atoms with Gasteiger partial charge in [-0.2, -0.15) is 0 Å². The smallest absolute Gasteiger partial charge is 0.167 e. The van der Waals surface area contributed by atoms with Crippen LogP contribution < -0.4 is 0 Å². The van der Waals surface area contributed by atoms with E-state index >= 15 is 8.78 Å². The number of aryl methyl sites for hydroxylation is 1. The van der Waals surface area contributed by atoms with Gasteiger partial charge in [0.25, 0.3) is 0 Å². The van der Waals surface area contributed by atoms with Gasteiger partial charge in [0.05, 0.1) is 12.7 Å². The monoisotopic (exact) mass is 554 g/mol. The third-order valence-electron chi connectivity index (χ3n) is 8.25. The minimum atomic E-state index is -0.920. The third-order valence-corrected chi connectivity index (χ3v) is 8.25. The highest BCUT2D eigenvalue weighted by Crippen LogP contribution is 2.37. The Bertz CT molecular complexity index is 1230. The van der Waals surface area contributed by atoms with Crippen LogP contribution in [0.4, 0.5) is 17.6 Å². The van der Waals surface area contributed by atoms with Crippen molar-refractivity contribution >= 4 is 0 Å². The van der Waals surface area contributed by atoms with E-state index in [1.54, 1.807) is 48.5 Å². The van der Waals surface area contributed by atoms with E-state index in [-0.39, 0.29) is 16.7 Å². The first-order chi connectivity index (χ1) is 19.4. The highest BCUT2D eigenvalue weighted by Gasteiger charge is 2.27. The summed E-state index contributed by atoms with van der Waals surface area (Å²) in [7, 11) is 0. The Balaban J connectivity index is 1.42. The maximum absolute atomic E-state index is 15.2. The van der Waals surface area contributed by atoms with Gasteiger partial charge < -0.3 is 4.74 Å². The van der Waals surface area contributed by atoms with Crippen molar-refractivity contribution in [1.29, 1.82) is 0 Å². The molecular weight excluding hydrogens is 512 g/mol. The standard InChI is InChI=1S/C35H42F4O/c1-3-5-6-7-8-9-10-12-27-18-19-28(33(37)32(27)36)25-14-16-26(17-15-25)29-20-21-30(35(39)34(29)38)31-22-13-24(11-4-2)23-40-31/h14-21,24,31H,3-13,22-23H2,1-2H3. The van der Waals surface area contributed by atoms with Crippen LogP contribution in [0.5, 0.6) is 0 Å². The molecule has 40 heavy (non-hydrogen) atoms. The van der Waals surface area contributed by atoms with Gasteiger partial charge in [0.2, 0.25) is 0 Å². The molecule has 0 saturated carbocycles. The number of benzene rings is 3. The molecule has 1 nitrogen and oxygen atoms in total. The molecule has 0 bridgehead atoms. The molecule has 0 aliphatic carbocycles. The molecule has 3 aromatic carbocycles. The van der Waals surface area contributed by atoms with Crippen LogP contribution in [0.25, 0.3) is 22.3 Å². The van der Waals surface area contributed by atoms with Crippen LogP contribution in [0.1, 0.15) is 102 Å². The Morgan fingerprint density at radius 3 is 1.82 bits per heavy atom. The van der Waals surface area contributed by atoms with Crippen molar-refractivity contribution in [3.05, 3.63) is 82.9 Å². The van der Waals surface area contributed by atoms with E-state index in [9.17, 15) is 8.78 Å². The summed E-state index contributed by atoms with van der Waals surface area (Å²) in [4.78, 5) is 0. The first-order valence-electron chi connectivity index (χ1n) is 15.1. The van der Waals surface area contributed by atoms with Gasteiger partial charge in [0.1, 0.15) is 0 Å². The number of unbranched alkanes of at least 4 members (excludes halogenated alkanes) is 6. The van der Waals surface area contributed by atoms with Gasteiger partial charge >= 0.3 is 0 Å². The summed E-state index contributed by atoms with van der Waals surface area (Å²) < 4.78 is 66.0. The van der Waals surface area contributed by atoms with Crippen LogP contribution in [-0.4, -0.2) is 6.61 Å². The minimum absolute atomic E-state index is 0.129. The molecule has 1 fully saturated rings. The SMILES string of the molecule is CCCCCCCCCc1ccc(-c2ccc(-c3ccc(C4CCC(CCC)CO4)c(F)c3F)cc2)c(F)c1F. The number of halogens is 4. The average Bonchev–Trinajstić information content (AvgIpc) is 2.97. The lowest BCUT2D eigenvalue weighted by atomic mass is 9.90. The van der Waals surface area contributed by atoms with Crippen LogP contribution in [0.2, 0.25) is 0 Å². The Morgan fingerprint density at radius 2 is 1.23 bits per heavy atom. The predicted octanol–water partition coefficient (Wildman–Crippen LogP) is 11.1. The van der Waals surface area contributed by atoms with E-state index in [4.69, 9.17) is 4.74 Å². The second kappa shape index (κ2) is 14.8. The van der Waals surface area contributed by atoms with Crippen LogP contribution in [0, 0.1) is 29.2 Å². The quantitative estimate of drug-likeness (QED) is 0.151. The maximum Gasteiger partial charge on any atom is 0.167 e. The summed E-state index contributed by atoms with van der Waals surface area (Å²) in [5, 5.41) is 0. The molecule has 2 unspecified atom stereocenters. The number of hydrogen-bond acceptors (Lipinski definition) is 1. The van der Waals surface area contributed by atoms with Gasteiger partial charge in [-0.15, -0.1) is 0 Å². The average molecular weight is 555 g/mol. The normalized spacial score (nSPS) is 17.4. The van der Waals surface area contributed by atoms with E-state index in [0.717, 1.165) is 38.5 Å². The van der Waals surface area contributed by atoms with E-state index in [2.05, 4.69) is 13.8 Å². The first kappa shape index (κ1) is 30.3. The van der Waals surface area contributed by atoms with Crippen LogP contribution in [-0.2, 0) is 11.2 Å². The first-order valence-corrected chi connectivity index (χ1v) is 15.1. The van der Waals surface area contributed by atoms with E-state index in [1.807, 2.05) is 0 Å². The number of rotatable bonds is 13. The van der Waals surface area contributed by atoms with Crippen LogP contribution in [0.15, 0.2) is 48.5 Å². The molecule has 1 heterocycles. The number of ether oxygens (including phenoxy) is 1. The fourth-order valence-corrected chi connectivity index (χ4v) is 5.83. The number of hydrogen-bond donors (Lipinski definition) is 0. The zero-order chi connectivity index (χ0) is 28.5. The van der Waals surface area contributed by atoms with Crippen molar-refractivity contribution in [3.8, 4) is 22.3 Å². The van der Waals surface area contributed by atoms with Crippen LogP contribution in [0.3, 0.4) is 0 Å². The molecule has 0 amide bonds. The summed E-state index contributed by atoms with van der Waals surface area (Å²) in [6.07, 6.45) is 11.7. The lowest BCUT2D eigenvalue weighted by molar-refractivity contribution is -0.0214. The molecule has 5 heteroatoms.